The number of amides is 1. The van der Waals surface area contributed by atoms with Crippen molar-refractivity contribution in [2.45, 2.75) is 38.6 Å². The number of nitrogens with zero attached hydrogens (tertiary/aromatic N) is 2. The molecule has 0 bridgehead atoms. The molecule has 1 aromatic rings. The van der Waals surface area contributed by atoms with Crippen molar-refractivity contribution in [3.05, 3.63) is 22.9 Å². The fourth-order valence-corrected chi connectivity index (χ4v) is 3.12. The number of hydrogen-bond donors (Lipinski definition) is 2. The van der Waals surface area contributed by atoms with Gasteiger partial charge < -0.3 is 20.3 Å². The number of carbonyl (C=O) groups excluding carboxylic acids is 2. The van der Waals surface area contributed by atoms with E-state index in [1.54, 1.807) is 25.7 Å². The quantitative estimate of drug-likeness (QED) is 0.713. The lowest BCUT2D eigenvalue weighted by atomic mass is 10.1. The highest BCUT2D eigenvalue weighted by Crippen LogP contribution is 2.36. The van der Waals surface area contributed by atoms with E-state index in [9.17, 15) is 22.8 Å². The second-order valence-corrected chi connectivity index (χ2v) is 7.52. The van der Waals surface area contributed by atoms with Crippen LogP contribution in [0.1, 0.15) is 47.2 Å². The second-order valence-electron chi connectivity index (χ2n) is 7.52. The predicted octanol–water partition coefficient (Wildman–Crippen LogP) is 1.58. The van der Waals surface area contributed by atoms with E-state index in [-0.39, 0.29) is 24.0 Å². The topological polar surface area (TPSA) is 83.6 Å². The van der Waals surface area contributed by atoms with E-state index in [4.69, 9.17) is 4.74 Å². The first-order valence-corrected chi connectivity index (χ1v) is 8.58. The average molecular weight is 386 g/mol. The van der Waals surface area contributed by atoms with Crippen LogP contribution in [-0.2, 0) is 10.9 Å². The maximum absolute atomic E-state index is 13.6. The normalized spacial score (nSPS) is 20.3. The number of rotatable bonds is 1. The van der Waals surface area contributed by atoms with Gasteiger partial charge in [0.1, 0.15) is 11.4 Å². The number of nitrogens with one attached hydrogen (secondary N) is 2. The molecule has 0 aliphatic carbocycles. The van der Waals surface area contributed by atoms with Crippen molar-refractivity contribution >= 4 is 17.7 Å². The summed E-state index contributed by atoms with van der Waals surface area (Å²) in [6, 6.07) is 0.529. The number of pyridine rings is 1. The van der Waals surface area contributed by atoms with Gasteiger partial charge in [-0.1, -0.05) is 0 Å². The van der Waals surface area contributed by atoms with Gasteiger partial charge in [0.2, 0.25) is 0 Å². The molecule has 2 N–H and O–H groups in total. The van der Waals surface area contributed by atoms with Crippen LogP contribution in [0.15, 0.2) is 6.07 Å². The number of fused-ring (bicyclic) bond motifs is 3. The summed E-state index contributed by atoms with van der Waals surface area (Å²) in [6.07, 6.45) is -4.86. The van der Waals surface area contributed by atoms with E-state index >= 15 is 0 Å². The van der Waals surface area contributed by atoms with E-state index in [0.717, 1.165) is 0 Å². The summed E-state index contributed by atoms with van der Waals surface area (Å²) in [5, 5.41) is 5.79. The van der Waals surface area contributed by atoms with Crippen LogP contribution in [0.3, 0.4) is 0 Å². The molecule has 1 saturated heterocycles. The molecule has 0 spiro atoms. The van der Waals surface area contributed by atoms with E-state index in [1.807, 2.05) is 0 Å². The number of alkyl halides is 3. The van der Waals surface area contributed by atoms with E-state index in [2.05, 4.69) is 15.6 Å². The third kappa shape index (κ3) is 4.00. The molecule has 0 saturated carbocycles. The van der Waals surface area contributed by atoms with Crippen LogP contribution in [0.5, 0.6) is 0 Å². The predicted molar refractivity (Wildman–Crippen MR) is 90.7 cm³/mol. The van der Waals surface area contributed by atoms with E-state index in [1.165, 1.54) is 0 Å². The van der Waals surface area contributed by atoms with Crippen LogP contribution in [0.25, 0.3) is 0 Å². The van der Waals surface area contributed by atoms with Gasteiger partial charge in [-0.3, -0.25) is 4.79 Å². The van der Waals surface area contributed by atoms with Gasteiger partial charge in [0.15, 0.2) is 5.69 Å². The smallest absolute Gasteiger partial charge is 0.418 e. The van der Waals surface area contributed by atoms with Crippen molar-refractivity contribution in [2.75, 3.05) is 31.1 Å². The first-order chi connectivity index (χ1) is 12.5. The van der Waals surface area contributed by atoms with Crippen molar-refractivity contribution in [3.8, 4) is 0 Å². The number of ether oxygens (including phenoxy) is 1. The molecule has 3 rings (SSSR count). The molecule has 0 aromatic carbocycles. The van der Waals surface area contributed by atoms with Crippen LogP contribution in [-0.4, -0.2) is 54.7 Å². The number of anilines is 1. The summed E-state index contributed by atoms with van der Waals surface area (Å²) >= 11 is 0. The largest absolute Gasteiger partial charge is 0.455 e. The Kier molecular flexibility index (Phi) is 4.79. The summed E-state index contributed by atoms with van der Waals surface area (Å²) in [6.45, 7) is 6.53. The number of esters is 1. The Morgan fingerprint density at radius 3 is 2.63 bits per heavy atom. The lowest BCUT2D eigenvalue weighted by molar-refractivity contribution is -0.138. The lowest BCUT2D eigenvalue weighted by Crippen LogP contribution is -2.54. The summed E-state index contributed by atoms with van der Waals surface area (Å²) in [4.78, 5) is 30.5. The standard InChI is InChI=1S/C17H21F3N4O3/c1-16(2,3)27-15(26)12-11(17(18,19)20)6-10-13(23-12)24-5-4-21-7-9(24)8-22-14(10)25/h6,9,21H,4-5,7-8H2,1-3H3,(H,22,25)/t9-/m1/s1. The minimum Gasteiger partial charge on any atom is -0.455 e. The van der Waals surface area contributed by atoms with Crippen molar-refractivity contribution in [1.82, 2.24) is 15.6 Å². The SMILES string of the molecule is CC(C)(C)OC(=O)c1nc2c(cc1C(F)(F)F)C(=O)NC[C@H]1CNCCN21. The maximum atomic E-state index is 13.6. The molecule has 1 fully saturated rings. The average Bonchev–Trinajstić information content (AvgIpc) is 2.69. The molecule has 1 aromatic heterocycles. The van der Waals surface area contributed by atoms with Gasteiger partial charge in [0.05, 0.1) is 17.2 Å². The molecule has 148 valence electrons. The molecule has 27 heavy (non-hydrogen) atoms. The minimum absolute atomic E-state index is 0.0744. The van der Waals surface area contributed by atoms with Gasteiger partial charge in [-0.05, 0) is 26.8 Å². The summed E-state index contributed by atoms with van der Waals surface area (Å²) < 4.78 is 45.8. The minimum atomic E-state index is -4.86. The summed E-state index contributed by atoms with van der Waals surface area (Å²) in [5.74, 6) is -1.74. The van der Waals surface area contributed by atoms with Crippen molar-refractivity contribution in [3.63, 3.8) is 0 Å². The van der Waals surface area contributed by atoms with Crippen molar-refractivity contribution in [2.24, 2.45) is 0 Å². The molecule has 10 heteroatoms. The number of piperazine rings is 1. The molecule has 1 amide bonds. The molecule has 3 heterocycles. The molecular weight excluding hydrogens is 365 g/mol. The first-order valence-electron chi connectivity index (χ1n) is 8.58. The number of hydrogen-bond acceptors (Lipinski definition) is 6. The van der Waals surface area contributed by atoms with Crippen LogP contribution >= 0.6 is 0 Å². The molecule has 2 aliphatic heterocycles. The Labute approximate surface area is 154 Å². The fourth-order valence-electron chi connectivity index (χ4n) is 3.12. The third-order valence-corrected chi connectivity index (χ3v) is 4.27. The molecule has 1 atom stereocenters. The fraction of sp³-hybridized carbons (Fsp3) is 0.588. The van der Waals surface area contributed by atoms with E-state index in [0.29, 0.717) is 25.7 Å². The Morgan fingerprint density at radius 2 is 2.00 bits per heavy atom. The first kappa shape index (κ1) is 19.4. The summed E-state index contributed by atoms with van der Waals surface area (Å²) in [5.41, 5.74) is -3.29. The lowest BCUT2D eigenvalue weighted by Gasteiger charge is -2.36. The van der Waals surface area contributed by atoms with Crippen molar-refractivity contribution < 1.29 is 27.5 Å². The Morgan fingerprint density at radius 1 is 1.30 bits per heavy atom. The molecule has 0 unspecified atom stereocenters. The highest BCUT2D eigenvalue weighted by molar-refractivity contribution is 6.01. The van der Waals surface area contributed by atoms with Gasteiger partial charge in [-0.15, -0.1) is 0 Å². The molecule has 0 radical (unpaired) electrons. The number of carbonyl (C=O) groups is 2. The Bertz CT molecular complexity index is 774. The van der Waals surface area contributed by atoms with Crippen LogP contribution in [0, 0.1) is 0 Å². The number of aromatic nitrogens is 1. The van der Waals surface area contributed by atoms with Gasteiger partial charge in [-0.2, -0.15) is 13.2 Å². The van der Waals surface area contributed by atoms with E-state index < -0.39 is 34.9 Å². The third-order valence-electron chi connectivity index (χ3n) is 4.27. The van der Waals surface area contributed by atoms with Crippen LogP contribution < -0.4 is 15.5 Å². The molecule has 2 aliphatic rings. The summed E-state index contributed by atoms with van der Waals surface area (Å²) in [7, 11) is 0. The molecular formula is C17H21F3N4O3. The zero-order valence-corrected chi connectivity index (χ0v) is 15.2. The van der Waals surface area contributed by atoms with Crippen LogP contribution in [0.4, 0.5) is 19.0 Å². The maximum Gasteiger partial charge on any atom is 0.418 e. The highest BCUT2D eigenvalue weighted by atomic mass is 19.4. The Balaban J connectivity index is 2.17. The number of halogens is 3. The van der Waals surface area contributed by atoms with Crippen LogP contribution in [0.2, 0.25) is 0 Å². The zero-order chi connectivity index (χ0) is 20.0. The van der Waals surface area contributed by atoms with Gasteiger partial charge in [0, 0.05) is 26.2 Å². The zero-order valence-electron chi connectivity index (χ0n) is 15.2. The van der Waals surface area contributed by atoms with Gasteiger partial charge in [0.25, 0.3) is 5.91 Å². The second kappa shape index (κ2) is 6.66. The van der Waals surface area contributed by atoms with Crippen molar-refractivity contribution in [1.29, 1.82) is 0 Å². The Hall–Kier alpha value is -2.36. The molecule has 7 nitrogen and oxygen atoms in total. The monoisotopic (exact) mass is 386 g/mol. The highest BCUT2D eigenvalue weighted by Gasteiger charge is 2.41. The van der Waals surface area contributed by atoms with Gasteiger partial charge >= 0.3 is 12.1 Å². The van der Waals surface area contributed by atoms with Gasteiger partial charge in [-0.25, -0.2) is 9.78 Å².